The van der Waals surface area contributed by atoms with E-state index < -0.39 is 11.6 Å². The normalized spacial score (nSPS) is 24.1. The Morgan fingerprint density at radius 2 is 1.76 bits per heavy atom. The Morgan fingerprint density at radius 3 is 2.53 bits per heavy atom. The number of hydrogen-bond acceptors (Lipinski definition) is 7. The van der Waals surface area contributed by atoms with E-state index in [-0.39, 0.29) is 6.04 Å². The van der Waals surface area contributed by atoms with Crippen molar-refractivity contribution in [1.29, 1.82) is 0 Å². The molecule has 8 nitrogen and oxygen atoms in total. The molecule has 0 amide bonds. The maximum absolute atomic E-state index is 13.9. The van der Waals surface area contributed by atoms with Crippen LogP contribution in [0.25, 0.3) is 0 Å². The van der Waals surface area contributed by atoms with Crippen LogP contribution in [0.4, 0.5) is 32.1 Å². The molecule has 2 aromatic heterocycles. The Kier molecular flexibility index (Phi) is 5.47. The topological polar surface area (TPSA) is 75.0 Å². The van der Waals surface area contributed by atoms with E-state index in [0.29, 0.717) is 41.1 Å². The summed E-state index contributed by atoms with van der Waals surface area (Å²) in [5, 5.41) is 16.6. The second kappa shape index (κ2) is 8.65. The van der Waals surface area contributed by atoms with Gasteiger partial charge in [-0.1, -0.05) is 11.6 Å². The number of benzene rings is 1. The van der Waals surface area contributed by atoms with Crippen LogP contribution < -0.4 is 15.1 Å². The Morgan fingerprint density at radius 1 is 0.971 bits per heavy atom. The van der Waals surface area contributed by atoms with Crippen molar-refractivity contribution < 1.29 is 8.78 Å². The molecule has 1 N–H and O–H groups in total. The first kappa shape index (κ1) is 21.5. The number of nitrogens with one attached hydrogen (secondary N) is 1. The van der Waals surface area contributed by atoms with Crippen LogP contribution in [-0.4, -0.2) is 50.6 Å². The highest BCUT2D eigenvalue weighted by molar-refractivity contribution is 6.29. The third-order valence-corrected chi connectivity index (χ3v) is 7.40. The zero-order chi connectivity index (χ0) is 23.2. The third-order valence-electron chi connectivity index (χ3n) is 7.22. The van der Waals surface area contributed by atoms with Gasteiger partial charge in [-0.3, -0.25) is 0 Å². The summed E-state index contributed by atoms with van der Waals surface area (Å²) in [7, 11) is 0. The van der Waals surface area contributed by atoms with Gasteiger partial charge in [0.2, 0.25) is 11.9 Å². The van der Waals surface area contributed by atoms with Crippen LogP contribution in [0.5, 0.6) is 0 Å². The van der Waals surface area contributed by atoms with Crippen LogP contribution in [0, 0.1) is 23.5 Å². The summed E-state index contributed by atoms with van der Waals surface area (Å²) in [6.07, 6.45) is 5.91. The molecular weight excluding hydrogens is 462 g/mol. The van der Waals surface area contributed by atoms with E-state index >= 15 is 0 Å². The van der Waals surface area contributed by atoms with Gasteiger partial charge in [0, 0.05) is 50.0 Å². The molecule has 1 saturated carbocycles. The van der Waals surface area contributed by atoms with Gasteiger partial charge in [0.1, 0.15) is 0 Å². The molecule has 2 fully saturated rings. The van der Waals surface area contributed by atoms with Gasteiger partial charge in [-0.15, -0.1) is 10.2 Å². The molecule has 3 aromatic rings. The Balaban J connectivity index is 1.22. The lowest BCUT2D eigenvalue weighted by molar-refractivity contribution is 0.376. The maximum Gasteiger partial charge on any atom is 0.244 e. The Bertz CT molecular complexity index is 1190. The summed E-state index contributed by atoms with van der Waals surface area (Å²) in [6.45, 7) is 3.23. The van der Waals surface area contributed by atoms with Gasteiger partial charge in [-0.05, 0) is 49.7 Å². The first-order valence-corrected chi connectivity index (χ1v) is 12.1. The molecule has 2 bridgehead atoms. The van der Waals surface area contributed by atoms with Crippen molar-refractivity contribution in [3.8, 4) is 0 Å². The minimum Gasteiger partial charge on any atom is -0.369 e. The molecule has 0 spiro atoms. The minimum atomic E-state index is -0.861. The predicted molar refractivity (Wildman–Crippen MR) is 125 cm³/mol. The fourth-order valence-corrected chi connectivity index (χ4v) is 5.75. The number of anilines is 4. The van der Waals surface area contributed by atoms with Gasteiger partial charge >= 0.3 is 0 Å². The van der Waals surface area contributed by atoms with Crippen LogP contribution in [0.15, 0.2) is 30.5 Å². The molecule has 3 aliphatic rings. The van der Waals surface area contributed by atoms with E-state index in [0.717, 1.165) is 57.1 Å². The molecule has 0 radical (unpaired) electrons. The summed E-state index contributed by atoms with van der Waals surface area (Å²) < 4.78 is 29.3. The van der Waals surface area contributed by atoms with E-state index in [9.17, 15) is 8.78 Å². The molecule has 4 heterocycles. The average Bonchev–Trinajstić information content (AvgIpc) is 3.23. The number of halogens is 3. The van der Waals surface area contributed by atoms with E-state index in [1.165, 1.54) is 6.07 Å². The summed E-state index contributed by atoms with van der Waals surface area (Å²) in [4.78, 5) is 9.06. The molecule has 1 aromatic carbocycles. The highest BCUT2D eigenvalue weighted by Gasteiger charge is 2.43. The Labute approximate surface area is 200 Å². The number of rotatable bonds is 4. The molecule has 178 valence electrons. The number of hydrogen-bond donors (Lipinski definition) is 1. The van der Waals surface area contributed by atoms with Crippen molar-refractivity contribution >= 4 is 34.9 Å². The summed E-state index contributed by atoms with van der Waals surface area (Å²) in [5.41, 5.74) is 1.59. The molecule has 11 heteroatoms. The van der Waals surface area contributed by atoms with Crippen LogP contribution in [0.3, 0.4) is 0 Å². The number of fused-ring (bicyclic) bond motifs is 3. The smallest absolute Gasteiger partial charge is 0.244 e. The van der Waals surface area contributed by atoms with Gasteiger partial charge < -0.3 is 15.1 Å². The number of aryl methyl sites for hydroxylation is 1. The highest BCUT2D eigenvalue weighted by atomic mass is 35.5. The van der Waals surface area contributed by atoms with Gasteiger partial charge in [0.15, 0.2) is 16.8 Å². The quantitative estimate of drug-likeness (QED) is 0.590. The first-order chi connectivity index (χ1) is 16.5. The lowest BCUT2D eigenvalue weighted by Gasteiger charge is -2.39. The third kappa shape index (κ3) is 3.93. The van der Waals surface area contributed by atoms with E-state index in [4.69, 9.17) is 21.7 Å². The number of nitrogens with zero attached hydrogens (tertiary/aromatic N) is 7. The Hall–Kier alpha value is -3.01. The number of piperidine rings is 1. The van der Waals surface area contributed by atoms with Crippen molar-refractivity contribution in [2.45, 2.75) is 38.3 Å². The largest absolute Gasteiger partial charge is 0.369 e. The fourth-order valence-electron chi connectivity index (χ4n) is 5.60. The average molecular weight is 487 g/mol. The first-order valence-electron chi connectivity index (χ1n) is 11.7. The van der Waals surface area contributed by atoms with Gasteiger partial charge in [-0.2, -0.15) is 10.1 Å². The molecule has 1 aliphatic carbocycles. The van der Waals surface area contributed by atoms with E-state index in [2.05, 4.69) is 20.4 Å². The lowest BCUT2D eigenvalue weighted by Crippen LogP contribution is -2.48. The number of aromatic nitrogens is 5. The van der Waals surface area contributed by atoms with Crippen LogP contribution in [0.1, 0.15) is 25.7 Å². The van der Waals surface area contributed by atoms with E-state index in [1.807, 2.05) is 15.6 Å². The zero-order valence-corrected chi connectivity index (χ0v) is 19.3. The molecule has 3 atom stereocenters. The van der Waals surface area contributed by atoms with Crippen LogP contribution in [-0.2, 0) is 6.54 Å². The molecule has 2 aliphatic heterocycles. The SMILES string of the molecule is Fc1ccc(N2CCCCn3nc(N[C@H]4[C@@H]5CC[C@H]4CN(c4cnnc(Cl)c4)C5)nc32)cc1F. The van der Waals surface area contributed by atoms with E-state index in [1.54, 1.807) is 12.3 Å². The standard InChI is InChI=1S/C23H25ClF2N8/c24-20-10-17(11-27-30-20)32-12-14-3-4-15(13-32)21(14)28-22-29-23-33(7-1-2-8-34(23)31-22)16-5-6-18(25)19(26)9-16/h5-6,9-11,14-15,21H,1-4,7-8,12-13H2,(H,28,31)/t14-,15+,21+. The lowest BCUT2D eigenvalue weighted by atomic mass is 9.92. The minimum absolute atomic E-state index is 0.282. The molecule has 1 saturated heterocycles. The van der Waals surface area contributed by atoms with Crippen LogP contribution >= 0.6 is 11.6 Å². The zero-order valence-electron chi connectivity index (χ0n) is 18.5. The van der Waals surface area contributed by atoms with Crippen molar-refractivity contribution in [1.82, 2.24) is 25.0 Å². The monoisotopic (exact) mass is 486 g/mol. The highest BCUT2D eigenvalue weighted by Crippen LogP contribution is 2.40. The summed E-state index contributed by atoms with van der Waals surface area (Å²) >= 11 is 6.05. The van der Waals surface area contributed by atoms with Crippen molar-refractivity contribution in [3.63, 3.8) is 0 Å². The van der Waals surface area contributed by atoms with Gasteiger partial charge in [0.05, 0.1) is 11.9 Å². The van der Waals surface area contributed by atoms with Crippen molar-refractivity contribution in [2.24, 2.45) is 11.8 Å². The summed E-state index contributed by atoms with van der Waals surface area (Å²) in [5.74, 6) is 0.448. The second-order valence-corrected chi connectivity index (χ2v) is 9.71. The second-order valence-electron chi connectivity index (χ2n) is 9.32. The van der Waals surface area contributed by atoms with Crippen LogP contribution in [0.2, 0.25) is 5.15 Å². The molecule has 6 rings (SSSR count). The summed E-state index contributed by atoms with van der Waals surface area (Å²) in [6, 6.07) is 6.12. The fraction of sp³-hybridized carbons (Fsp3) is 0.478. The van der Waals surface area contributed by atoms with Gasteiger partial charge in [-0.25, -0.2) is 13.5 Å². The molecular formula is C23H25ClF2N8. The molecule has 34 heavy (non-hydrogen) atoms. The van der Waals surface area contributed by atoms with Gasteiger partial charge in [0.25, 0.3) is 0 Å². The van der Waals surface area contributed by atoms with Crippen molar-refractivity contribution in [3.05, 3.63) is 47.2 Å². The predicted octanol–water partition coefficient (Wildman–Crippen LogP) is 4.26. The molecule has 0 unspecified atom stereocenters. The van der Waals surface area contributed by atoms with Crippen molar-refractivity contribution in [2.75, 3.05) is 34.8 Å². The maximum atomic E-state index is 13.9.